The quantitative estimate of drug-likeness (QED) is 0.698. The normalized spacial score (nSPS) is 10.7. The molecule has 0 amide bonds. The Hall–Kier alpha value is -2.24. The van der Waals surface area contributed by atoms with Crippen LogP contribution in [0.25, 0.3) is 16.9 Å². The van der Waals surface area contributed by atoms with E-state index in [9.17, 15) is 4.79 Å². The monoisotopic (exact) mass is 344 g/mol. The van der Waals surface area contributed by atoms with Crippen LogP contribution in [0.5, 0.6) is 0 Å². The van der Waals surface area contributed by atoms with Gasteiger partial charge in [-0.1, -0.05) is 53.7 Å². The third-order valence-electron chi connectivity index (χ3n) is 3.17. The van der Waals surface area contributed by atoms with Gasteiger partial charge in [-0.05, 0) is 24.3 Å². The number of rotatable bonds is 5. The molecule has 0 spiro atoms. The number of hydrogen-bond donors (Lipinski definition) is 1. The molecule has 3 aromatic rings. The van der Waals surface area contributed by atoms with E-state index in [2.05, 4.69) is 4.98 Å². The fraction of sp³-hybridized carbons (Fsp3) is 0.0588. The van der Waals surface area contributed by atoms with Gasteiger partial charge in [-0.2, -0.15) is 0 Å². The molecule has 0 aliphatic carbocycles. The molecule has 6 heteroatoms. The number of carboxylic acid groups (broad SMARTS) is 1. The highest BCUT2D eigenvalue weighted by Gasteiger charge is 2.13. The van der Waals surface area contributed by atoms with Crippen LogP contribution in [0, 0.1) is 0 Å². The van der Waals surface area contributed by atoms with Gasteiger partial charge in [0.25, 0.3) is 0 Å². The summed E-state index contributed by atoms with van der Waals surface area (Å²) in [7, 11) is 0. The molecular formula is C17H13ClN2O2S. The zero-order valence-corrected chi connectivity index (χ0v) is 13.6. The minimum absolute atomic E-state index is 0.0428. The van der Waals surface area contributed by atoms with Crippen molar-refractivity contribution in [1.82, 2.24) is 9.55 Å². The van der Waals surface area contributed by atoms with Gasteiger partial charge >= 0.3 is 5.97 Å². The van der Waals surface area contributed by atoms with E-state index < -0.39 is 5.97 Å². The Balaban J connectivity index is 2.03. The Kier molecular flexibility index (Phi) is 4.69. The molecule has 1 N–H and O–H groups in total. The number of thioether (sulfide) groups is 1. The van der Waals surface area contributed by atoms with E-state index in [0.29, 0.717) is 10.2 Å². The Morgan fingerprint density at radius 2 is 1.83 bits per heavy atom. The molecule has 1 heterocycles. The summed E-state index contributed by atoms with van der Waals surface area (Å²) in [6, 6.07) is 17.1. The summed E-state index contributed by atoms with van der Waals surface area (Å²) in [5.74, 6) is -0.916. The molecule has 0 fully saturated rings. The first-order valence-electron chi connectivity index (χ1n) is 6.89. The predicted octanol–water partition coefficient (Wildman–Crippen LogP) is 4.37. The van der Waals surface area contributed by atoms with Crippen LogP contribution in [0.3, 0.4) is 0 Å². The molecular weight excluding hydrogens is 332 g/mol. The summed E-state index contributed by atoms with van der Waals surface area (Å²) in [4.78, 5) is 15.4. The topological polar surface area (TPSA) is 55.1 Å². The number of imidazole rings is 1. The third kappa shape index (κ3) is 3.75. The highest BCUT2D eigenvalue weighted by atomic mass is 35.5. The SMILES string of the molecule is O=C(O)CSc1nc(-c2ccccc2)cn1-c1ccc(Cl)cc1. The lowest BCUT2D eigenvalue weighted by molar-refractivity contribution is -0.133. The van der Waals surface area contributed by atoms with Gasteiger partial charge < -0.3 is 5.11 Å². The Morgan fingerprint density at radius 3 is 2.48 bits per heavy atom. The smallest absolute Gasteiger partial charge is 0.313 e. The molecule has 3 rings (SSSR count). The van der Waals surface area contributed by atoms with Gasteiger partial charge in [-0.25, -0.2) is 4.98 Å². The first-order chi connectivity index (χ1) is 11.1. The lowest BCUT2D eigenvalue weighted by Gasteiger charge is -2.06. The van der Waals surface area contributed by atoms with Crippen molar-refractivity contribution in [2.75, 3.05) is 5.75 Å². The van der Waals surface area contributed by atoms with Crippen LogP contribution >= 0.6 is 23.4 Å². The number of hydrogen-bond acceptors (Lipinski definition) is 3. The maximum atomic E-state index is 10.9. The van der Waals surface area contributed by atoms with Crippen molar-refractivity contribution in [2.24, 2.45) is 0 Å². The van der Waals surface area contributed by atoms with E-state index in [0.717, 1.165) is 16.9 Å². The molecule has 4 nitrogen and oxygen atoms in total. The van der Waals surface area contributed by atoms with Crippen LogP contribution in [0.15, 0.2) is 66.0 Å². The fourth-order valence-electron chi connectivity index (χ4n) is 2.13. The average Bonchev–Trinajstić information content (AvgIpc) is 2.99. The van der Waals surface area contributed by atoms with Crippen LogP contribution in [0.2, 0.25) is 5.02 Å². The first kappa shape index (κ1) is 15.6. The molecule has 116 valence electrons. The zero-order valence-electron chi connectivity index (χ0n) is 12.0. The summed E-state index contributed by atoms with van der Waals surface area (Å²) >= 11 is 7.12. The standard InChI is InChI=1S/C17H13ClN2O2S/c18-13-6-8-14(9-7-13)20-10-15(12-4-2-1-3-5-12)19-17(20)23-11-16(21)22/h1-10H,11H2,(H,21,22). The molecule has 0 saturated carbocycles. The number of carbonyl (C=O) groups is 1. The first-order valence-corrected chi connectivity index (χ1v) is 8.25. The highest BCUT2D eigenvalue weighted by molar-refractivity contribution is 7.99. The molecule has 0 unspecified atom stereocenters. The van der Waals surface area contributed by atoms with Crippen LogP contribution in [-0.4, -0.2) is 26.4 Å². The molecule has 0 aliphatic rings. The summed E-state index contributed by atoms with van der Waals surface area (Å²) in [6.07, 6.45) is 1.91. The molecule has 0 radical (unpaired) electrons. The highest BCUT2D eigenvalue weighted by Crippen LogP contribution is 2.27. The van der Waals surface area contributed by atoms with Gasteiger partial charge in [0.05, 0.1) is 11.4 Å². The van der Waals surface area contributed by atoms with E-state index in [-0.39, 0.29) is 5.75 Å². The molecule has 1 aromatic heterocycles. The third-order valence-corrected chi connectivity index (χ3v) is 4.36. The molecule has 0 aliphatic heterocycles. The van der Waals surface area contributed by atoms with Gasteiger partial charge in [-0.3, -0.25) is 9.36 Å². The number of benzene rings is 2. The largest absolute Gasteiger partial charge is 0.481 e. The van der Waals surface area contributed by atoms with E-state index in [4.69, 9.17) is 16.7 Å². The van der Waals surface area contributed by atoms with Crippen LogP contribution in [-0.2, 0) is 4.79 Å². The van der Waals surface area contributed by atoms with Crippen molar-refractivity contribution < 1.29 is 9.90 Å². The van der Waals surface area contributed by atoms with Gasteiger partial charge in [0.15, 0.2) is 5.16 Å². The number of aliphatic carboxylic acids is 1. The van der Waals surface area contributed by atoms with Crippen molar-refractivity contribution in [3.63, 3.8) is 0 Å². The summed E-state index contributed by atoms with van der Waals surface area (Å²) in [6.45, 7) is 0. The van der Waals surface area contributed by atoms with Crippen LogP contribution in [0.4, 0.5) is 0 Å². The summed E-state index contributed by atoms with van der Waals surface area (Å²) < 4.78 is 1.88. The predicted molar refractivity (Wildman–Crippen MR) is 92.4 cm³/mol. The molecule has 23 heavy (non-hydrogen) atoms. The van der Waals surface area contributed by atoms with Crippen molar-refractivity contribution in [3.8, 4) is 16.9 Å². The van der Waals surface area contributed by atoms with Crippen molar-refractivity contribution >= 4 is 29.3 Å². The number of nitrogens with zero attached hydrogens (tertiary/aromatic N) is 2. The summed E-state index contributed by atoms with van der Waals surface area (Å²) in [5.41, 5.74) is 2.67. The Morgan fingerprint density at radius 1 is 1.13 bits per heavy atom. The second-order valence-electron chi connectivity index (χ2n) is 4.80. The van der Waals surface area contributed by atoms with Crippen LogP contribution in [0.1, 0.15) is 0 Å². The van der Waals surface area contributed by atoms with E-state index in [1.165, 1.54) is 11.8 Å². The number of carboxylic acids is 1. The van der Waals surface area contributed by atoms with E-state index >= 15 is 0 Å². The second-order valence-corrected chi connectivity index (χ2v) is 6.18. The molecule has 0 bridgehead atoms. The number of aromatic nitrogens is 2. The fourth-order valence-corrected chi connectivity index (χ4v) is 2.96. The Labute approximate surface area is 142 Å². The summed E-state index contributed by atoms with van der Waals surface area (Å²) in [5, 5.41) is 10.2. The van der Waals surface area contributed by atoms with Gasteiger partial charge in [-0.15, -0.1) is 0 Å². The van der Waals surface area contributed by atoms with Crippen LogP contribution < -0.4 is 0 Å². The van der Waals surface area contributed by atoms with Crippen molar-refractivity contribution in [1.29, 1.82) is 0 Å². The lowest BCUT2D eigenvalue weighted by Crippen LogP contribution is -2.01. The van der Waals surface area contributed by atoms with Gasteiger partial charge in [0.2, 0.25) is 0 Å². The molecule has 0 atom stereocenters. The zero-order chi connectivity index (χ0) is 16.2. The Bertz CT molecular complexity index is 816. The minimum atomic E-state index is -0.873. The second kappa shape index (κ2) is 6.89. The maximum Gasteiger partial charge on any atom is 0.313 e. The van der Waals surface area contributed by atoms with E-state index in [1.807, 2.05) is 53.2 Å². The molecule has 2 aromatic carbocycles. The van der Waals surface area contributed by atoms with Crippen molar-refractivity contribution in [3.05, 3.63) is 65.8 Å². The minimum Gasteiger partial charge on any atom is -0.481 e. The molecule has 0 saturated heterocycles. The van der Waals surface area contributed by atoms with Gasteiger partial charge in [0.1, 0.15) is 0 Å². The average molecular weight is 345 g/mol. The maximum absolute atomic E-state index is 10.9. The van der Waals surface area contributed by atoms with Crippen molar-refractivity contribution in [2.45, 2.75) is 5.16 Å². The number of halogens is 1. The lowest BCUT2D eigenvalue weighted by atomic mass is 10.2. The van der Waals surface area contributed by atoms with Gasteiger partial charge in [0, 0.05) is 22.5 Å². The van der Waals surface area contributed by atoms with E-state index in [1.54, 1.807) is 12.1 Å².